The number of carbonyl (C=O) groups is 1. The molecule has 2 rings (SSSR count). The van der Waals surface area contributed by atoms with Gasteiger partial charge in [0.1, 0.15) is 0 Å². The highest BCUT2D eigenvalue weighted by molar-refractivity contribution is 5.97. The molecule has 0 saturated heterocycles. The third-order valence-corrected chi connectivity index (χ3v) is 2.94. The van der Waals surface area contributed by atoms with Crippen LogP contribution in [-0.2, 0) is 4.79 Å². The van der Waals surface area contributed by atoms with Gasteiger partial charge >= 0.3 is 0 Å². The van der Waals surface area contributed by atoms with Gasteiger partial charge < -0.3 is 0 Å². The summed E-state index contributed by atoms with van der Waals surface area (Å²) in [6.07, 6.45) is 12.0. The summed E-state index contributed by atoms with van der Waals surface area (Å²) in [5.41, 5.74) is 2.47. The minimum absolute atomic E-state index is 0.410. The van der Waals surface area contributed by atoms with Crippen LogP contribution >= 0.6 is 0 Å². The molecule has 0 heterocycles. The zero-order valence-electron chi connectivity index (χ0n) is 8.01. The molecule has 13 heavy (non-hydrogen) atoms. The SMILES string of the molecule is O=C1CCCC/C1=C1/C=CCCC1. The fraction of sp³-hybridized carbons (Fsp3) is 0.583. The molecule has 1 fully saturated rings. The molecule has 0 N–H and O–H groups in total. The highest BCUT2D eigenvalue weighted by atomic mass is 16.1. The Labute approximate surface area is 79.5 Å². The lowest BCUT2D eigenvalue weighted by molar-refractivity contribution is -0.116. The maximum absolute atomic E-state index is 11.6. The van der Waals surface area contributed by atoms with Crippen LogP contribution in [0.1, 0.15) is 44.9 Å². The van der Waals surface area contributed by atoms with E-state index in [4.69, 9.17) is 0 Å². The highest BCUT2D eigenvalue weighted by Crippen LogP contribution is 2.28. The van der Waals surface area contributed by atoms with Gasteiger partial charge in [0.25, 0.3) is 0 Å². The summed E-state index contributed by atoms with van der Waals surface area (Å²) in [4.78, 5) is 11.6. The quantitative estimate of drug-likeness (QED) is 0.518. The van der Waals surface area contributed by atoms with Crippen molar-refractivity contribution in [3.63, 3.8) is 0 Å². The molecule has 1 nitrogen and oxygen atoms in total. The summed E-state index contributed by atoms with van der Waals surface area (Å²) < 4.78 is 0. The highest BCUT2D eigenvalue weighted by Gasteiger charge is 2.18. The van der Waals surface area contributed by atoms with Gasteiger partial charge in [-0.05, 0) is 49.7 Å². The van der Waals surface area contributed by atoms with Gasteiger partial charge in [0.2, 0.25) is 0 Å². The summed E-state index contributed by atoms with van der Waals surface area (Å²) in [6, 6.07) is 0. The molecule has 0 aromatic heterocycles. The van der Waals surface area contributed by atoms with Gasteiger partial charge in [-0.1, -0.05) is 12.2 Å². The van der Waals surface area contributed by atoms with Gasteiger partial charge in [0, 0.05) is 6.42 Å². The van der Waals surface area contributed by atoms with Crippen molar-refractivity contribution < 1.29 is 4.79 Å². The first kappa shape index (κ1) is 8.74. The molecule has 2 aliphatic rings. The zero-order valence-corrected chi connectivity index (χ0v) is 8.01. The second-order valence-electron chi connectivity index (χ2n) is 3.93. The molecular formula is C12H16O. The first-order valence-corrected chi connectivity index (χ1v) is 5.30. The number of hydrogen-bond donors (Lipinski definition) is 0. The Balaban J connectivity index is 2.23. The minimum atomic E-state index is 0.410. The Morgan fingerprint density at radius 1 is 1.00 bits per heavy atom. The number of rotatable bonds is 0. The van der Waals surface area contributed by atoms with Gasteiger partial charge in [-0.3, -0.25) is 4.79 Å². The van der Waals surface area contributed by atoms with Crippen molar-refractivity contribution in [2.75, 3.05) is 0 Å². The lowest BCUT2D eigenvalue weighted by Gasteiger charge is -2.18. The molecule has 0 aromatic carbocycles. The van der Waals surface area contributed by atoms with Crippen molar-refractivity contribution in [1.29, 1.82) is 0 Å². The van der Waals surface area contributed by atoms with E-state index in [1.807, 2.05) is 0 Å². The van der Waals surface area contributed by atoms with Gasteiger partial charge in [0.15, 0.2) is 5.78 Å². The van der Waals surface area contributed by atoms with Crippen molar-refractivity contribution in [2.45, 2.75) is 44.9 Å². The van der Waals surface area contributed by atoms with Crippen molar-refractivity contribution in [3.05, 3.63) is 23.3 Å². The predicted molar refractivity (Wildman–Crippen MR) is 53.5 cm³/mol. The topological polar surface area (TPSA) is 17.1 Å². The summed E-state index contributed by atoms with van der Waals surface area (Å²) in [5.74, 6) is 0.410. The minimum Gasteiger partial charge on any atom is -0.295 e. The van der Waals surface area contributed by atoms with Crippen LogP contribution in [0, 0.1) is 0 Å². The van der Waals surface area contributed by atoms with Gasteiger partial charge in [0.05, 0.1) is 0 Å². The van der Waals surface area contributed by atoms with Crippen LogP contribution in [0.2, 0.25) is 0 Å². The van der Waals surface area contributed by atoms with Crippen LogP contribution in [0.25, 0.3) is 0 Å². The molecular weight excluding hydrogens is 160 g/mol. The normalized spacial score (nSPS) is 29.4. The number of ketones is 1. The molecule has 70 valence electrons. The molecule has 0 atom stereocenters. The van der Waals surface area contributed by atoms with E-state index >= 15 is 0 Å². The number of hydrogen-bond acceptors (Lipinski definition) is 1. The van der Waals surface area contributed by atoms with Crippen LogP contribution in [0.3, 0.4) is 0 Å². The van der Waals surface area contributed by atoms with Crippen molar-refractivity contribution in [1.82, 2.24) is 0 Å². The van der Waals surface area contributed by atoms with E-state index in [0.29, 0.717) is 5.78 Å². The Morgan fingerprint density at radius 2 is 1.85 bits per heavy atom. The Hall–Kier alpha value is -0.850. The van der Waals surface area contributed by atoms with Gasteiger partial charge in [-0.2, -0.15) is 0 Å². The molecule has 0 bridgehead atoms. The molecule has 2 aliphatic carbocycles. The van der Waals surface area contributed by atoms with E-state index < -0.39 is 0 Å². The van der Waals surface area contributed by atoms with E-state index in [2.05, 4.69) is 12.2 Å². The molecule has 1 saturated carbocycles. The molecule has 0 unspecified atom stereocenters. The number of carbonyl (C=O) groups excluding carboxylic acids is 1. The van der Waals surface area contributed by atoms with Crippen LogP contribution in [0.15, 0.2) is 23.3 Å². The van der Waals surface area contributed by atoms with Crippen LogP contribution in [0.4, 0.5) is 0 Å². The van der Waals surface area contributed by atoms with Crippen molar-refractivity contribution >= 4 is 5.78 Å². The first-order chi connectivity index (χ1) is 6.38. The molecule has 0 amide bonds. The Kier molecular flexibility index (Phi) is 2.62. The largest absolute Gasteiger partial charge is 0.295 e. The van der Waals surface area contributed by atoms with Crippen molar-refractivity contribution in [3.8, 4) is 0 Å². The number of allylic oxidation sites excluding steroid dienone is 4. The maximum atomic E-state index is 11.6. The van der Waals surface area contributed by atoms with E-state index in [0.717, 1.165) is 31.3 Å². The summed E-state index contributed by atoms with van der Waals surface area (Å²) in [5, 5.41) is 0. The molecule has 1 heteroatoms. The maximum Gasteiger partial charge on any atom is 0.159 e. The summed E-state index contributed by atoms with van der Waals surface area (Å²) in [6.45, 7) is 0. The molecule has 0 spiro atoms. The van der Waals surface area contributed by atoms with Crippen LogP contribution in [-0.4, -0.2) is 5.78 Å². The smallest absolute Gasteiger partial charge is 0.159 e. The lowest BCUT2D eigenvalue weighted by Crippen LogP contribution is -2.11. The molecule has 0 radical (unpaired) electrons. The third-order valence-electron chi connectivity index (χ3n) is 2.94. The van der Waals surface area contributed by atoms with E-state index in [9.17, 15) is 4.79 Å². The summed E-state index contributed by atoms with van der Waals surface area (Å²) >= 11 is 0. The fourth-order valence-electron chi connectivity index (χ4n) is 2.19. The standard InChI is InChI=1S/C12H16O/c13-12-9-5-4-8-11(12)10-6-2-1-3-7-10/h2,6H,1,3-5,7-9H2/b11-10+. The summed E-state index contributed by atoms with van der Waals surface area (Å²) in [7, 11) is 0. The van der Waals surface area contributed by atoms with Gasteiger partial charge in [-0.15, -0.1) is 0 Å². The molecule has 0 aliphatic heterocycles. The van der Waals surface area contributed by atoms with E-state index in [-0.39, 0.29) is 0 Å². The second kappa shape index (κ2) is 3.91. The number of Topliss-reactive ketones (excluding diaryl/α,β-unsaturated/α-hetero) is 1. The van der Waals surface area contributed by atoms with Crippen molar-refractivity contribution in [2.24, 2.45) is 0 Å². The van der Waals surface area contributed by atoms with E-state index in [1.54, 1.807) is 0 Å². The Bertz CT molecular complexity index is 271. The first-order valence-electron chi connectivity index (χ1n) is 5.30. The van der Waals surface area contributed by atoms with E-state index in [1.165, 1.54) is 24.8 Å². The van der Waals surface area contributed by atoms with Crippen LogP contribution < -0.4 is 0 Å². The second-order valence-corrected chi connectivity index (χ2v) is 3.93. The van der Waals surface area contributed by atoms with Gasteiger partial charge in [-0.25, -0.2) is 0 Å². The molecule has 0 aromatic rings. The predicted octanol–water partition coefficient (Wildman–Crippen LogP) is 3.17. The van der Waals surface area contributed by atoms with Crippen LogP contribution in [0.5, 0.6) is 0 Å². The third kappa shape index (κ3) is 1.90. The average Bonchev–Trinajstić information content (AvgIpc) is 2.20. The fourth-order valence-corrected chi connectivity index (χ4v) is 2.19. The monoisotopic (exact) mass is 176 g/mol. The zero-order chi connectivity index (χ0) is 9.10. The lowest BCUT2D eigenvalue weighted by atomic mass is 9.86. The average molecular weight is 176 g/mol. The Morgan fingerprint density at radius 3 is 2.54 bits per heavy atom.